The first-order chi connectivity index (χ1) is 19.7. The molecule has 2 saturated heterocycles. The zero-order valence-electron chi connectivity index (χ0n) is 23.8. The number of nitriles is 1. The van der Waals surface area contributed by atoms with Crippen LogP contribution in [0.4, 0.5) is 0 Å². The van der Waals surface area contributed by atoms with E-state index >= 15 is 0 Å². The van der Waals surface area contributed by atoms with Crippen LogP contribution in [-0.2, 0) is 71.4 Å². The van der Waals surface area contributed by atoms with E-state index in [2.05, 4.69) is 0 Å². The van der Waals surface area contributed by atoms with Gasteiger partial charge in [-0.1, -0.05) is 0 Å². The Morgan fingerprint density at radius 3 is 1.57 bits per heavy atom. The quantitative estimate of drug-likeness (QED) is 0.207. The van der Waals surface area contributed by atoms with Crippen molar-refractivity contribution in [2.75, 3.05) is 19.0 Å². The van der Waals surface area contributed by atoms with E-state index in [-0.39, 0.29) is 12.4 Å². The van der Waals surface area contributed by atoms with Gasteiger partial charge in [0.05, 0.1) is 18.4 Å². The molecule has 0 bridgehead atoms. The fourth-order valence-corrected chi connectivity index (χ4v) is 5.10. The minimum Gasteiger partial charge on any atom is -0.463 e. The largest absolute Gasteiger partial charge is 0.463 e. The number of carbonyl (C=O) groups excluding carboxylic acids is 6. The Morgan fingerprint density at radius 1 is 0.619 bits per heavy atom. The van der Waals surface area contributed by atoms with Gasteiger partial charge in [0.2, 0.25) is 0 Å². The van der Waals surface area contributed by atoms with Crippen LogP contribution in [-0.4, -0.2) is 109 Å². The molecule has 0 aliphatic carbocycles. The third kappa shape index (κ3) is 10.4. The lowest BCUT2D eigenvalue weighted by atomic mass is 9.99. The Bertz CT molecular complexity index is 1060. The van der Waals surface area contributed by atoms with Crippen molar-refractivity contribution in [3.05, 3.63) is 0 Å². The third-order valence-electron chi connectivity index (χ3n) is 5.56. The maximum absolute atomic E-state index is 12.0. The Kier molecular flexibility index (Phi) is 13.4. The summed E-state index contributed by atoms with van der Waals surface area (Å²) in [4.78, 5) is 71.0. The molecule has 16 nitrogen and oxygen atoms in total. The van der Waals surface area contributed by atoms with Crippen LogP contribution in [0, 0.1) is 11.3 Å². The zero-order chi connectivity index (χ0) is 31.6. The minimum absolute atomic E-state index is 0.108. The van der Waals surface area contributed by atoms with E-state index in [1.54, 1.807) is 0 Å². The van der Waals surface area contributed by atoms with Crippen LogP contribution >= 0.6 is 11.8 Å². The van der Waals surface area contributed by atoms with Gasteiger partial charge in [-0.25, -0.2) is 0 Å². The second-order valence-corrected chi connectivity index (χ2v) is 10.1. The summed E-state index contributed by atoms with van der Waals surface area (Å²) in [5.74, 6) is -4.58. The lowest BCUT2D eigenvalue weighted by Crippen LogP contribution is -2.61. The summed E-state index contributed by atoms with van der Waals surface area (Å²) >= 11 is 0.932. The molecule has 234 valence electrons. The fourth-order valence-electron chi connectivity index (χ4n) is 4.24. The molecule has 0 radical (unpaired) electrons. The summed E-state index contributed by atoms with van der Waals surface area (Å²) in [7, 11) is 0. The average Bonchev–Trinajstić information content (AvgIpc) is 3.17. The van der Waals surface area contributed by atoms with Crippen LogP contribution < -0.4 is 0 Å². The second-order valence-electron chi connectivity index (χ2n) is 9.06. The summed E-state index contributed by atoms with van der Waals surface area (Å²) in [6.45, 7) is 5.88. The number of nitrogens with zero attached hydrogens (tertiary/aromatic N) is 1. The lowest BCUT2D eigenvalue weighted by Gasteiger charge is -2.44. The van der Waals surface area contributed by atoms with Gasteiger partial charge in [0, 0.05) is 41.5 Å². The summed E-state index contributed by atoms with van der Waals surface area (Å²) in [6.07, 6.45) is -10.3. The van der Waals surface area contributed by atoms with E-state index in [9.17, 15) is 28.8 Å². The van der Waals surface area contributed by atoms with E-state index in [0.29, 0.717) is 0 Å². The number of thioether (sulfide) groups is 1. The molecule has 2 heterocycles. The Balaban J connectivity index is 2.40. The number of hydrogen-bond donors (Lipinski definition) is 0. The summed E-state index contributed by atoms with van der Waals surface area (Å²) in [5.41, 5.74) is -1.07. The van der Waals surface area contributed by atoms with Gasteiger partial charge in [0.15, 0.2) is 36.8 Å². The maximum Gasteiger partial charge on any atom is 0.303 e. The number of hydrogen-bond acceptors (Lipinski definition) is 17. The summed E-state index contributed by atoms with van der Waals surface area (Å²) < 4.78 is 49.4. The van der Waals surface area contributed by atoms with Gasteiger partial charge < -0.3 is 42.6 Å². The van der Waals surface area contributed by atoms with E-state index in [4.69, 9.17) is 47.9 Å². The van der Waals surface area contributed by atoms with Crippen LogP contribution in [0.1, 0.15) is 41.5 Å². The van der Waals surface area contributed by atoms with Crippen LogP contribution in [0.5, 0.6) is 0 Å². The summed E-state index contributed by atoms with van der Waals surface area (Å²) in [5, 5.41) is 9.11. The first-order valence-corrected chi connectivity index (χ1v) is 13.7. The standard InChI is InChI=1S/C25H33NO15S/c1-11(27)33-9-17-20(36-13(3)29)22(38-15(5)31)24(40-17)34-10-18-19(35-12(2)28)21(37-14(4)30)23(39-16(6)32)25(41-18)42-8-7-26/h17-25H,8-10H2,1-6H3/t17-,18-,19-,20-,21+,22+,23+,24+,25-/m1/s1. The lowest BCUT2D eigenvalue weighted by molar-refractivity contribution is -0.253. The number of ether oxygens (including phenoxy) is 9. The normalized spacial score (nSPS) is 30.3. The first kappa shape index (κ1) is 34.7. The van der Waals surface area contributed by atoms with Crippen molar-refractivity contribution >= 4 is 47.6 Å². The Labute approximate surface area is 245 Å². The van der Waals surface area contributed by atoms with E-state index in [0.717, 1.165) is 53.3 Å². The van der Waals surface area contributed by atoms with Gasteiger partial charge in [0.25, 0.3) is 0 Å². The monoisotopic (exact) mass is 619 g/mol. The Hall–Kier alpha value is -3.46. The molecule has 0 spiro atoms. The van der Waals surface area contributed by atoms with E-state index in [1.165, 1.54) is 0 Å². The van der Waals surface area contributed by atoms with Gasteiger partial charge in [-0.3, -0.25) is 28.8 Å². The number of carbonyl (C=O) groups is 6. The van der Waals surface area contributed by atoms with Crippen molar-refractivity contribution in [2.24, 2.45) is 0 Å². The van der Waals surface area contributed by atoms with Gasteiger partial charge in [-0.05, 0) is 0 Å². The molecule has 42 heavy (non-hydrogen) atoms. The fraction of sp³-hybridized carbons (Fsp3) is 0.720. The smallest absolute Gasteiger partial charge is 0.303 e. The molecular weight excluding hydrogens is 586 g/mol. The number of rotatable bonds is 12. The molecule has 2 rings (SSSR count). The van der Waals surface area contributed by atoms with Crippen LogP contribution in [0.3, 0.4) is 0 Å². The van der Waals surface area contributed by atoms with Gasteiger partial charge >= 0.3 is 35.8 Å². The summed E-state index contributed by atoms with van der Waals surface area (Å²) in [6, 6.07) is 1.92. The van der Waals surface area contributed by atoms with Crippen LogP contribution in [0.25, 0.3) is 0 Å². The number of esters is 6. The highest BCUT2D eigenvalue weighted by Gasteiger charge is 2.54. The van der Waals surface area contributed by atoms with Crippen molar-refractivity contribution in [3.8, 4) is 6.07 Å². The molecule has 0 saturated carbocycles. The van der Waals surface area contributed by atoms with Crippen molar-refractivity contribution < 1.29 is 71.4 Å². The highest BCUT2D eigenvalue weighted by atomic mass is 32.2. The highest BCUT2D eigenvalue weighted by Crippen LogP contribution is 2.35. The van der Waals surface area contributed by atoms with Crippen molar-refractivity contribution in [1.29, 1.82) is 5.26 Å². The minimum atomic E-state index is -1.40. The molecule has 0 aromatic rings. The van der Waals surface area contributed by atoms with Gasteiger partial charge in [-0.15, -0.1) is 11.8 Å². The highest BCUT2D eigenvalue weighted by molar-refractivity contribution is 8.00. The predicted octanol–water partition coefficient (Wildman–Crippen LogP) is -0.0688. The van der Waals surface area contributed by atoms with Crippen molar-refractivity contribution in [3.63, 3.8) is 0 Å². The molecule has 0 amide bonds. The predicted molar refractivity (Wildman–Crippen MR) is 136 cm³/mol. The molecule has 2 fully saturated rings. The average molecular weight is 620 g/mol. The first-order valence-electron chi connectivity index (χ1n) is 12.6. The molecule has 2 aliphatic rings. The zero-order valence-corrected chi connectivity index (χ0v) is 24.6. The van der Waals surface area contributed by atoms with E-state index in [1.807, 2.05) is 6.07 Å². The molecule has 17 heteroatoms. The topological polar surface area (TPSA) is 209 Å². The molecule has 9 atom stereocenters. The molecule has 0 aromatic carbocycles. The maximum atomic E-state index is 12.0. The molecule has 0 unspecified atom stereocenters. The molecule has 0 N–H and O–H groups in total. The molecule has 2 aliphatic heterocycles. The van der Waals surface area contributed by atoms with E-state index < -0.39 is 96.9 Å². The SMILES string of the molecule is CC(=O)OC[C@H]1O[C@H](OC[C@H]2O[C@H](SCC#N)[C@@H](OC(C)=O)[C@@H](OC(C)=O)[C@@H]2OC(C)=O)[C@@H](OC(C)=O)[C@@H]1OC(C)=O. The van der Waals surface area contributed by atoms with Gasteiger partial charge in [0.1, 0.15) is 24.3 Å². The van der Waals surface area contributed by atoms with Crippen molar-refractivity contribution in [1.82, 2.24) is 0 Å². The van der Waals surface area contributed by atoms with Crippen LogP contribution in [0.2, 0.25) is 0 Å². The second kappa shape index (κ2) is 16.2. The van der Waals surface area contributed by atoms with Crippen LogP contribution in [0.15, 0.2) is 0 Å². The Morgan fingerprint density at radius 2 is 1.07 bits per heavy atom. The van der Waals surface area contributed by atoms with Crippen molar-refractivity contribution in [2.45, 2.75) is 96.0 Å². The van der Waals surface area contributed by atoms with Gasteiger partial charge in [-0.2, -0.15) is 5.26 Å². The third-order valence-corrected chi connectivity index (χ3v) is 6.56. The molecular formula is C25H33NO15S. The molecule has 0 aromatic heterocycles.